The van der Waals surface area contributed by atoms with E-state index in [1.54, 1.807) is 0 Å². The highest BCUT2D eigenvalue weighted by atomic mass is 35.5. The lowest BCUT2D eigenvalue weighted by molar-refractivity contribution is 0.303. The molecule has 1 aromatic heterocycles. The lowest BCUT2D eigenvalue weighted by Gasteiger charge is -2.15. The average Bonchev–Trinajstić information content (AvgIpc) is 2.37. The van der Waals surface area contributed by atoms with Crippen molar-refractivity contribution in [2.45, 2.75) is 19.9 Å². The monoisotopic (exact) mass is 293 g/mol. The number of hydrogen-bond acceptors (Lipinski definition) is 6. The summed E-state index contributed by atoms with van der Waals surface area (Å²) in [6.45, 7) is 4.44. The third kappa shape index (κ3) is 4.24. The normalized spacial score (nSPS) is 11.9. The Hall–Kier alpha value is -2.08. The van der Waals surface area contributed by atoms with Crippen LogP contribution in [-0.4, -0.2) is 27.6 Å². The number of aryl methyl sites for hydroxylation is 1. The first-order valence-corrected chi connectivity index (χ1v) is 6.54. The Bertz CT molecular complexity index is 555. The zero-order valence-electron chi connectivity index (χ0n) is 11.3. The van der Waals surface area contributed by atoms with Gasteiger partial charge in [-0.3, -0.25) is 0 Å². The van der Waals surface area contributed by atoms with Gasteiger partial charge < -0.3 is 15.8 Å². The van der Waals surface area contributed by atoms with Crippen molar-refractivity contribution in [1.82, 2.24) is 15.0 Å². The van der Waals surface area contributed by atoms with Crippen molar-refractivity contribution in [3.63, 3.8) is 0 Å². The van der Waals surface area contributed by atoms with Crippen LogP contribution in [0.25, 0.3) is 0 Å². The quantitative estimate of drug-likeness (QED) is 0.880. The minimum absolute atomic E-state index is 0.00540. The first kappa shape index (κ1) is 14.3. The van der Waals surface area contributed by atoms with Gasteiger partial charge in [-0.2, -0.15) is 15.0 Å². The molecule has 0 saturated heterocycles. The number of nitrogens with zero attached hydrogens (tertiary/aromatic N) is 3. The number of rotatable bonds is 5. The van der Waals surface area contributed by atoms with Crippen LogP contribution in [0.5, 0.6) is 5.75 Å². The number of ether oxygens (including phenoxy) is 1. The van der Waals surface area contributed by atoms with E-state index in [9.17, 15) is 0 Å². The number of nitrogen functional groups attached to an aromatic ring is 1. The smallest absolute Gasteiger partial charge is 0.229 e. The number of anilines is 2. The van der Waals surface area contributed by atoms with Crippen LogP contribution in [0.1, 0.15) is 12.5 Å². The van der Waals surface area contributed by atoms with Crippen molar-refractivity contribution < 1.29 is 4.74 Å². The Morgan fingerprint density at radius 1 is 1.25 bits per heavy atom. The van der Waals surface area contributed by atoms with Crippen molar-refractivity contribution in [3.8, 4) is 5.75 Å². The highest BCUT2D eigenvalue weighted by Gasteiger charge is 2.07. The van der Waals surface area contributed by atoms with Crippen LogP contribution in [0.3, 0.4) is 0 Å². The number of aromatic nitrogens is 3. The molecule has 0 aliphatic carbocycles. The lowest BCUT2D eigenvalue weighted by atomic mass is 10.2. The second-order valence-corrected chi connectivity index (χ2v) is 4.79. The second kappa shape index (κ2) is 6.38. The van der Waals surface area contributed by atoms with Crippen molar-refractivity contribution >= 4 is 23.5 Å². The molecule has 6 nitrogen and oxygen atoms in total. The van der Waals surface area contributed by atoms with Crippen LogP contribution < -0.4 is 15.8 Å². The number of nitrogens with two attached hydrogens (primary N) is 1. The fourth-order valence-electron chi connectivity index (χ4n) is 1.55. The standard InChI is InChI=1S/C13H16ClN5O/c1-8-3-5-10(6-4-8)20-7-9(2)16-13-18-11(14)17-12(15)19-13/h3-6,9H,7H2,1-2H3,(H3,15,16,17,18,19). The Morgan fingerprint density at radius 3 is 2.60 bits per heavy atom. The minimum atomic E-state index is -0.00540. The molecule has 1 unspecified atom stereocenters. The molecule has 0 aliphatic heterocycles. The van der Waals surface area contributed by atoms with Crippen LogP contribution in [0, 0.1) is 6.92 Å². The van der Waals surface area contributed by atoms with Crippen LogP contribution in [0.2, 0.25) is 5.28 Å². The number of hydrogen-bond donors (Lipinski definition) is 2. The summed E-state index contributed by atoms with van der Waals surface area (Å²) >= 11 is 5.71. The first-order chi connectivity index (χ1) is 9.52. The minimum Gasteiger partial charge on any atom is -0.491 e. The zero-order chi connectivity index (χ0) is 14.5. The van der Waals surface area contributed by atoms with Crippen molar-refractivity contribution in [1.29, 1.82) is 0 Å². The van der Waals surface area contributed by atoms with Crippen LogP contribution >= 0.6 is 11.6 Å². The maximum atomic E-state index is 5.71. The summed E-state index contributed by atoms with van der Waals surface area (Å²) < 4.78 is 5.66. The van der Waals surface area contributed by atoms with E-state index >= 15 is 0 Å². The average molecular weight is 294 g/mol. The molecule has 2 rings (SSSR count). The van der Waals surface area contributed by atoms with E-state index in [-0.39, 0.29) is 17.3 Å². The summed E-state index contributed by atoms with van der Waals surface area (Å²) in [5.74, 6) is 1.24. The summed E-state index contributed by atoms with van der Waals surface area (Å²) in [5.41, 5.74) is 6.69. The van der Waals surface area contributed by atoms with E-state index in [1.807, 2.05) is 38.1 Å². The van der Waals surface area contributed by atoms with E-state index < -0.39 is 0 Å². The van der Waals surface area contributed by atoms with Gasteiger partial charge in [-0.15, -0.1) is 0 Å². The molecule has 20 heavy (non-hydrogen) atoms. The van der Waals surface area contributed by atoms with Crippen molar-refractivity contribution in [2.75, 3.05) is 17.7 Å². The van der Waals surface area contributed by atoms with Crippen LogP contribution in [0.15, 0.2) is 24.3 Å². The van der Waals surface area contributed by atoms with E-state index in [4.69, 9.17) is 22.1 Å². The Kier molecular flexibility index (Phi) is 4.57. The van der Waals surface area contributed by atoms with Gasteiger partial charge in [0.1, 0.15) is 12.4 Å². The first-order valence-electron chi connectivity index (χ1n) is 6.16. The van der Waals surface area contributed by atoms with Gasteiger partial charge >= 0.3 is 0 Å². The highest BCUT2D eigenvalue weighted by molar-refractivity contribution is 6.28. The summed E-state index contributed by atoms with van der Waals surface area (Å²) in [6, 6.07) is 7.86. The van der Waals surface area contributed by atoms with E-state index in [0.29, 0.717) is 12.6 Å². The number of halogens is 1. The maximum absolute atomic E-state index is 5.71. The van der Waals surface area contributed by atoms with Gasteiger partial charge in [0.2, 0.25) is 17.2 Å². The summed E-state index contributed by atoms with van der Waals surface area (Å²) in [6.07, 6.45) is 0. The number of nitrogens with one attached hydrogen (secondary N) is 1. The predicted octanol–water partition coefficient (Wildman–Crippen LogP) is 2.30. The Balaban J connectivity index is 1.88. The molecule has 0 radical (unpaired) electrons. The van der Waals surface area contributed by atoms with Gasteiger partial charge in [-0.25, -0.2) is 0 Å². The van der Waals surface area contributed by atoms with Gasteiger partial charge in [0, 0.05) is 0 Å². The van der Waals surface area contributed by atoms with Crippen molar-refractivity contribution in [2.24, 2.45) is 0 Å². The Morgan fingerprint density at radius 2 is 1.95 bits per heavy atom. The van der Waals surface area contributed by atoms with Gasteiger partial charge in [-0.1, -0.05) is 17.7 Å². The predicted molar refractivity (Wildman–Crippen MR) is 79.0 cm³/mol. The van der Waals surface area contributed by atoms with Gasteiger partial charge in [-0.05, 0) is 37.6 Å². The maximum Gasteiger partial charge on any atom is 0.229 e. The fourth-order valence-corrected chi connectivity index (χ4v) is 1.71. The molecule has 0 spiro atoms. The third-order valence-electron chi connectivity index (χ3n) is 2.52. The molecule has 3 N–H and O–H groups in total. The molecular formula is C13H16ClN5O. The highest BCUT2D eigenvalue weighted by Crippen LogP contribution is 2.12. The molecule has 0 fully saturated rings. The van der Waals surface area contributed by atoms with E-state index in [1.165, 1.54) is 5.56 Å². The van der Waals surface area contributed by atoms with Gasteiger partial charge in [0.25, 0.3) is 0 Å². The van der Waals surface area contributed by atoms with Gasteiger partial charge in [0.15, 0.2) is 0 Å². The second-order valence-electron chi connectivity index (χ2n) is 4.46. The Labute approximate surface area is 122 Å². The molecule has 106 valence electrons. The SMILES string of the molecule is Cc1ccc(OCC(C)Nc2nc(N)nc(Cl)n2)cc1. The number of benzene rings is 1. The lowest BCUT2D eigenvalue weighted by Crippen LogP contribution is -2.25. The third-order valence-corrected chi connectivity index (χ3v) is 2.69. The van der Waals surface area contributed by atoms with Gasteiger partial charge in [0.05, 0.1) is 6.04 Å². The molecule has 0 bridgehead atoms. The molecule has 0 aliphatic rings. The summed E-state index contributed by atoms with van der Waals surface area (Å²) in [7, 11) is 0. The summed E-state index contributed by atoms with van der Waals surface area (Å²) in [4.78, 5) is 11.6. The zero-order valence-corrected chi connectivity index (χ0v) is 12.1. The molecule has 7 heteroatoms. The molecule has 1 heterocycles. The molecule has 1 atom stereocenters. The topological polar surface area (TPSA) is 86.0 Å². The fraction of sp³-hybridized carbons (Fsp3) is 0.308. The van der Waals surface area contributed by atoms with Crippen LogP contribution in [-0.2, 0) is 0 Å². The van der Waals surface area contributed by atoms with E-state index in [0.717, 1.165) is 5.75 Å². The molecular weight excluding hydrogens is 278 g/mol. The van der Waals surface area contributed by atoms with E-state index in [2.05, 4.69) is 20.3 Å². The largest absolute Gasteiger partial charge is 0.491 e. The molecule has 0 amide bonds. The van der Waals surface area contributed by atoms with Crippen LogP contribution in [0.4, 0.5) is 11.9 Å². The summed E-state index contributed by atoms with van der Waals surface area (Å²) in [5, 5.41) is 3.12. The molecule has 2 aromatic rings. The molecule has 0 saturated carbocycles. The van der Waals surface area contributed by atoms with Crippen molar-refractivity contribution in [3.05, 3.63) is 35.1 Å². The molecule has 1 aromatic carbocycles.